The molecule has 170 valence electrons. The van der Waals surface area contributed by atoms with Gasteiger partial charge in [-0.15, -0.1) is 0 Å². The number of rotatable bonds is 4. The minimum absolute atomic E-state index is 0.0432. The van der Waals surface area contributed by atoms with Crippen molar-refractivity contribution in [1.82, 2.24) is 10.2 Å². The van der Waals surface area contributed by atoms with Crippen LogP contribution in [0, 0.1) is 12.8 Å². The molecule has 1 aliphatic carbocycles. The summed E-state index contributed by atoms with van der Waals surface area (Å²) in [5, 5.41) is 26.0. The zero-order chi connectivity index (χ0) is 22.5. The van der Waals surface area contributed by atoms with E-state index < -0.39 is 11.0 Å². The fourth-order valence-corrected chi connectivity index (χ4v) is 6.89. The molecule has 2 aromatic rings. The van der Waals surface area contributed by atoms with Crippen LogP contribution in [0.25, 0.3) is 0 Å². The van der Waals surface area contributed by atoms with Crippen molar-refractivity contribution >= 4 is 5.91 Å². The minimum Gasteiger partial charge on any atom is -0.508 e. The molecular weight excluding hydrogens is 400 g/mol. The van der Waals surface area contributed by atoms with Gasteiger partial charge in [-0.3, -0.25) is 9.69 Å². The molecule has 3 aliphatic rings. The summed E-state index contributed by atoms with van der Waals surface area (Å²) in [4.78, 5) is 14.7. The number of carbonyl (C=O) groups excluding carboxylic acids is 1. The van der Waals surface area contributed by atoms with Gasteiger partial charge in [-0.2, -0.15) is 0 Å². The molecule has 0 radical (unpaired) electrons. The van der Waals surface area contributed by atoms with E-state index in [1.54, 1.807) is 6.07 Å². The van der Waals surface area contributed by atoms with Gasteiger partial charge in [-0.25, -0.2) is 0 Å². The van der Waals surface area contributed by atoms with Gasteiger partial charge in [0.1, 0.15) is 5.75 Å². The van der Waals surface area contributed by atoms with Crippen molar-refractivity contribution in [2.75, 3.05) is 13.1 Å². The lowest BCUT2D eigenvalue weighted by atomic mass is 9.50. The summed E-state index contributed by atoms with van der Waals surface area (Å²) in [6.07, 6.45) is 3.59. The predicted molar refractivity (Wildman–Crippen MR) is 125 cm³/mol. The Bertz CT molecular complexity index is 1010. The topological polar surface area (TPSA) is 72.8 Å². The molecule has 2 heterocycles. The highest BCUT2D eigenvalue weighted by Gasteiger charge is 2.64. The highest BCUT2D eigenvalue weighted by Crippen LogP contribution is 2.57. The van der Waals surface area contributed by atoms with E-state index in [1.807, 2.05) is 18.2 Å². The van der Waals surface area contributed by atoms with Gasteiger partial charge in [0.15, 0.2) is 0 Å². The molecule has 2 saturated heterocycles. The van der Waals surface area contributed by atoms with Gasteiger partial charge in [0.25, 0.3) is 0 Å². The van der Waals surface area contributed by atoms with E-state index in [1.165, 1.54) is 5.56 Å². The first kappa shape index (κ1) is 21.5. The molecule has 2 aliphatic heterocycles. The number of phenolic OH excluding ortho intramolecular Hbond substituents is 1. The van der Waals surface area contributed by atoms with E-state index in [4.69, 9.17) is 0 Å². The summed E-state index contributed by atoms with van der Waals surface area (Å²) < 4.78 is 0. The molecule has 5 heteroatoms. The minimum atomic E-state index is -0.964. The Morgan fingerprint density at radius 3 is 2.72 bits per heavy atom. The summed E-state index contributed by atoms with van der Waals surface area (Å²) in [6, 6.07) is 16.1. The maximum Gasteiger partial charge on any atom is 0.220 e. The Balaban J connectivity index is 1.51. The van der Waals surface area contributed by atoms with Crippen LogP contribution in [0.4, 0.5) is 0 Å². The Kier molecular flexibility index (Phi) is 5.30. The number of nitrogens with zero attached hydrogens (tertiary/aromatic N) is 1. The second-order valence-electron chi connectivity index (χ2n) is 10.2. The molecule has 0 bridgehead atoms. The number of aromatic hydroxyl groups is 1. The van der Waals surface area contributed by atoms with Gasteiger partial charge in [-0.05, 0) is 80.8 Å². The molecule has 5 unspecified atom stereocenters. The Morgan fingerprint density at radius 2 is 1.94 bits per heavy atom. The molecule has 3 fully saturated rings. The molecule has 2 aromatic carbocycles. The van der Waals surface area contributed by atoms with Crippen LogP contribution in [-0.4, -0.2) is 51.8 Å². The molecule has 0 spiro atoms. The fourth-order valence-electron chi connectivity index (χ4n) is 6.89. The first-order valence-electron chi connectivity index (χ1n) is 11.9. The largest absolute Gasteiger partial charge is 0.508 e. The van der Waals surface area contributed by atoms with Gasteiger partial charge in [0.05, 0.1) is 5.60 Å². The Labute approximate surface area is 190 Å². The number of likely N-dealkylation sites (tertiary alicyclic amines) is 1. The molecule has 3 N–H and O–H groups in total. The number of nitrogens with one attached hydrogen (secondary N) is 1. The normalized spacial score (nSPS) is 34.6. The van der Waals surface area contributed by atoms with Crippen molar-refractivity contribution in [2.45, 2.75) is 69.1 Å². The van der Waals surface area contributed by atoms with Crippen molar-refractivity contribution in [3.8, 4) is 5.75 Å². The van der Waals surface area contributed by atoms with Crippen LogP contribution < -0.4 is 5.32 Å². The number of carbonyl (C=O) groups is 1. The van der Waals surface area contributed by atoms with Crippen LogP contribution in [-0.2, 0) is 16.6 Å². The van der Waals surface area contributed by atoms with E-state index in [9.17, 15) is 15.0 Å². The number of aryl methyl sites for hydroxylation is 1. The van der Waals surface area contributed by atoms with Crippen LogP contribution in [0.3, 0.4) is 0 Å². The average Bonchev–Trinajstić information content (AvgIpc) is 3.13. The molecule has 1 amide bonds. The number of hydrogen-bond acceptors (Lipinski definition) is 4. The van der Waals surface area contributed by atoms with Crippen LogP contribution in [0.15, 0.2) is 48.5 Å². The highest BCUT2D eigenvalue weighted by atomic mass is 16.3. The monoisotopic (exact) mass is 434 g/mol. The summed E-state index contributed by atoms with van der Waals surface area (Å²) in [5.74, 6) is 0.493. The zero-order valence-corrected chi connectivity index (χ0v) is 19.1. The SMILES string of the molecule is Cc1ccc(O)cc1C12CCN(CCc3ccccc3)C(C)C1(O)CC1CC(=O)NC1C2. The quantitative estimate of drug-likeness (QED) is 0.690. The molecule has 5 rings (SSSR count). The second-order valence-corrected chi connectivity index (χ2v) is 10.2. The Morgan fingerprint density at radius 1 is 1.16 bits per heavy atom. The summed E-state index contributed by atoms with van der Waals surface area (Å²) >= 11 is 0. The summed E-state index contributed by atoms with van der Waals surface area (Å²) in [7, 11) is 0. The molecule has 0 aromatic heterocycles. The molecule has 5 nitrogen and oxygen atoms in total. The first-order valence-corrected chi connectivity index (χ1v) is 11.9. The Hall–Kier alpha value is -2.37. The number of piperidine rings is 1. The van der Waals surface area contributed by atoms with Gasteiger partial charge in [-0.1, -0.05) is 36.4 Å². The van der Waals surface area contributed by atoms with Gasteiger partial charge < -0.3 is 15.5 Å². The van der Waals surface area contributed by atoms with E-state index >= 15 is 0 Å². The fraction of sp³-hybridized carbons (Fsp3) is 0.519. The second kappa shape index (κ2) is 7.89. The lowest BCUT2D eigenvalue weighted by molar-refractivity contribution is -0.167. The molecule has 32 heavy (non-hydrogen) atoms. The van der Waals surface area contributed by atoms with Crippen molar-refractivity contribution in [2.24, 2.45) is 5.92 Å². The standard InChI is InChI=1S/C27H34N2O3/c1-18-8-9-22(30)15-23(18)26-11-13-29(12-10-20-6-4-3-5-7-20)19(2)27(26,32)16-21-14-25(31)28-24(21)17-26/h3-9,15,19,21,24,30,32H,10-14,16-17H2,1-2H3,(H,28,31). The van der Waals surface area contributed by atoms with E-state index in [0.29, 0.717) is 12.8 Å². The van der Waals surface area contributed by atoms with Crippen molar-refractivity contribution in [3.05, 3.63) is 65.2 Å². The van der Waals surface area contributed by atoms with E-state index in [0.717, 1.165) is 43.5 Å². The number of fused-ring (bicyclic) bond motifs is 2. The van der Waals surface area contributed by atoms with Crippen LogP contribution in [0.1, 0.15) is 49.3 Å². The number of benzene rings is 2. The van der Waals surface area contributed by atoms with Crippen molar-refractivity contribution in [1.29, 1.82) is 0 Å². The van der Waals surface area contributed by atoms with Gasteiger partial charge in [0.2, 0.25) is 5.91 Å². The lowest BCUT2D eigenvalue weighted by Gasteiger charge is -2.62. The number of hydrogen-bond donors (Lipinski definition) is 3. The number of amides is 1. The first-order chi connectivity index (χ1) is 15.3. The van der Waals surface area contributed by atoms with Gasteiger partial charge >= 0.3 is 0 Å². The van der Waals surface area contributed by atoms with Crippen LogP contribution >= 0.6 is 0 Å². The molecule has 5 atom stereocenters. The predicted octanol–water partition coefficient (Wildman–Crippen LogP) is 3.30. The summed E-state index contributed by atoms with van der Waals surface area (Å²) in [6.45, 7) is 6.00. The van der Waals surface area contributed by atoms with Crippen molar-refractivity contribution in [3.63, 3.8) is 0 Å². The smallest absolute Gasteiger partial charge is 0.220 e. The van der Waals surface area contributed by atoms with Crippen molar-refractivity contribution < 1.29 is 15.0 Å². The third kappa shape index (κ3) is 3.34. The average molecular weight is 435 g/mol. The van der Waals surface area contributed by atoms with Gasteiger partial charge in [0, 0.05) is 30.5 Å². The third-order valence-corrected chi connectivity index (χ3v) is 8.67. The van der Waals surface area contributed by atoms with E-state index in [2.05, 4.69) is 48.3 Å². The third-order valence-electron chi connectivity index (χ3n) is 8.67. The highest BCUT2D eigenvalue weighted by molar-refractivity contribution is 5.79. The number of aliphatic hydroxyl groups is 1. The maximum atomic E-state index is 12.5. The maximum absolute atomic E-state index is 12.5. The van der Waals surface area contributed by atoms with E-state index in [-0.39, 0.29) is 29.7 Å². The van der Waals surface area contributed by atoms with Crippen LogP contribution in [0.2, 0.25) is 0 Å². The lowest BCUT2D eigenvalue weighted by Crippen LogP contribution is -2.71. The molecule has 1 saturated carbocycles. The summed E-state index contributed by atoms with van der Waals surface area (Å²) in [5.41, 5.74) is 1.98. The molecular formula is C27H34N2O3. The van der Waals surface area contributed by atoms with Crippen LogP contribution in [0.5, 0.6) is 5.75 Å². The number of phenols is 1. The zero-order valence-electron chi connectivity index (χ0n) is 19.1.